The van der Waals surface area contributed by atoms with E-state index < -0.39 is 5.97 Å². The van der Waals surface area contributed by atoms with Gasteiger partial charge in [0.05, 0.1) is 6.61 Å². The summed E-state index contributed by atoms with van der Waals surface area (Å²) >= 11 is 0. The fourth-order valence-electron chi connectivity index (χ4n) is 2.48. The van der Waals surface area contributed by atoms with E-state index in [9.17, 15) is 9.90 Å². The molecule has 0 radical (unpaired) electrons. The number of esters is 1. The van der Waals surface area contributed by atoms with E-state index in [2.05, 4.69) is 15.3 Å². The Morgan fingerprint density at radius 3 is 3.00 bits per heavy atom. The number of carbonyl (C=O) groups excluding carboxylic acids is 1. The van der Waals surface area contributed by atoms with Gasteiger partial charge in [-0.3, -0.25) is 0 Å². The van der Waals surface area contributed by atoms with E-state index in [1.54, 1.807) is 31.5 Å². The third kappa shape index (κ3) is 3.26. The lowest BCUT2D eigenvalue weighted by Crippen LogP contribution is -2.13. The molecule has 0 amide bonds. The molecule has 2 aromatic rings. The van der Waals surface area contributed by atoms with Crippen LogP contribution in [0.15, 0.2) is 27.7 Å². The van der Waals surface area contributed by atoms with Gasteiger partial charge in [-0.05, 0) is 39.0 Å². The first-order valence-corrected chi connectivity index (χ1v) is 8.01. The number of hydrogen-bond acceptors (Lipinski definition) is 7. The molecule has 0 aromatic carbocycles. The standard InChI is InChI=1S/C18H19N3O4/c1-4-24-18(23)14-15(22)13(25-17(14)21-10(2)3)8-11-9-20-16-12(11)6-5-7-19-16/h5-10,21-22H,4H2,1-3H3/b11-8+. The highest BCUT2D eigenvalue weighted by molar-refractivity contribution is 6.21. The van der Waals surface area contributed by atoms with Crippen molar-refractivity contribution in [2.75, 3.05) is 11.9 Å². The van der Waals surface area contributed by atoms with Crippen LogP contribution in [-0.2, 0) is 4.74 Å². The van der Waals surface area contributed by atoms with Crippen molar-refractivity contribution >= 4 is 35.5 Å². The molecule has 0 fully saturated rings. The average Bonchev–Trinajstić information content (AvgIpc) is 3.10. The van der Waals surface area contributed by atoms with E-state index >= 15 is 0 Å². The third-order valence-corrected chi connectivity index (χ3v) is 3.52. The van der Waals surface area contributed by atoms with E-state index in [0.717, 1.165) is 11.1 Å². The maximum Gasteiger partial charge on any atom is 0.347 e. The van der Waals surface area contributed by atoms with Crippen LogP contribution in [0.5, 0.6) is 5.75 Å². The third-order valence-electron chi connectivity index (χ3n) is 3.52. The van der Waals surface area contributed by atoms with Crippen LogP contribution in [-0.4, -0.2) is 34.9 Å². The number of nitrogens with one attached hydrogen (secondary N) is 1. The van der Waals surface area contributed by atoms with Crippen molar-refractivity contribution in [1.29, 1.82) is 0 Å². The van der Waals surface area contributed by atoms with Crippen molar-refractivity contribution in [3.8, 4) is 5.75 Å². The number of nitrogens with zero attached hydrogens (tertiary/aromatic N) is 2. The molecule has 25 heavy (non-hydrogen) atoms. The van der Waals surface area contributed by atoms with E-state index in [1.165, 1.54) is 0 Å². The molecular weight excluding hydrogens is 322 g/mol. The smallest absolute Gasteiger partial charge is 0.347 e. The van der Waals surface area contributed by atoms with Gasteiger partial charge in [0.1, 0.15) is 0 Å². The van der Waals surface area contributed by atoms with Crippen LogP contribution in [0.4, 0.5) is 11.7 Å². The van der Waals surface area contributed by atoms with E-state index in [0.29, 0.717) is 5.82 Å². The van der Waals surface area contributed by atoms with Crippen molar-refractivity contribution < 1.29 is 19.1 Å². The predicted molar refractivity (Wildman–Crippen MR) is 95.3 cm³/mol. The van der Waals surface area contributed by atoms with Gasteiger partial charge < -0.3 is 19.6 Å². The monoisotopic (exact) mass is 341 g/mol. The molecule has 0 aliphatic carbocycles. The van der Waals surface area contributed by atoms with Crippen LogP contribution in [0.25, 0.3) is 11.6 Å². The minimum Gasteiger partial charge on any atom is -0.504 e. The van der Waals surface area contributed by atoms with Crippen molar-refractivity contribution in [3.05, 3.63) is 35.2 Å². The summed E-state index contributed by atoms with van der Waals surface area (Å²) in [4.78, 5) is 20.6. The number of aromatic nitrogens is 1. The summed E-state index contributed by atoms with van der Waals surface area (Å²) in [5, 5.41) is 13.5. The summed E-state index contributed by atoms with van der Waals surface area (Å²) in [6, 6.07) is 3.69. The zero-order valence-corrected chi connectivity index (χ0v) is 14.2. The molecule has 2 N–H and O–H groups in total. The number of allylic oxidation sites excluding steroid dienone is 1. The predicted octanol–water partition coefficient (Wildman–Crippen LogP) is 3.63. The molecule has 0 atom stereocenters. The van der Waals surface area contributed by atoms with Gasteiger partial charge >= 0.3 is 5.97 Å². The minimum atomic E-state index is -0.640. The van der Waals surface area contributed by atoms with Gasteiger partial charge in [-0.15, -0.1) is 0 Å². The Morgan fingerprint density at radius 2 is 2.28 bits per heavy atom. The molecule has 1 aliphatic heterocycles. The van der Waals surface area contributed by atoms with Gasteiger partial charge in [-0.1, -0.05) is 0 Å². The van der Waals surface area contributed by atoms with Gasteiger partial charge in [0.15, 0.2) is 22.9 Å². The number of ether oxygens (including phenoxy) is 1. The molecule has 1 aliphatic rings. The highest BCUT2D eigenvalue weighted by Gasteiger charge is 2.27. The summed E-state index contributed by atoms with van der Waals surface area (Å²) in [6.07, 6.45) is 4.92. The largest absolute Gasteiger partial charge is 0.504 e. The second-order valence-corrected chi connectivity index (χ2v) is 5.77. The maximum absolute atomic E-state index is 12.2. The number of furan rings is 1. The Bertz CT molecular complexity index is 865. The number of carbonyl (C=O) groups is 1. The number of aromatic hydroxyl groups is 1. The number of rotatable bonds is 5. The Balaban J connectivity index is 2.04. The molecule has 7 heteroatoms. The fourth-order valence-corrected chi connectivity index (χ4v) is 2.48. The quantitative estimate of drug-likeness (QED) is 0.806. The van der Waals surface area contributed by atoms with Gasteiger partial charge in [0, 0.05) is 29.6 Å². The summed E-state index contributed by atoms with van der Waals surface area (Å²) in [6.45, 7) is 5.70. The molecule has 3 heterocycles. The highest BCUT2D eigenvalue weighted by atomic mass is 16.5. The van der Waals surface area contributed by atoms with E-state index in [1.807, 2.05) is 19.9 Å². The first-order chi connectivity index (χ1) is 12.0. The maximum atomic E-state index is 12.2. The topological polar surface area (TPSA) is 97.0 Å². The SMILES string of the molecule is CCOC(=O)c1c(NC(C)C)oc(/C=C2\C=Nc3ncccc32)c1O. The van der Waals surface area contributed by atoms with Gasteiger partial charge in [-0.25, -0.2) is 14.8 Å². The number of pyridine rings is 1. The van der Waals surface area contributed by atoms with Gasteiger partial charge in [-0.2, -0.15) is 0 Å². The summed E-state index contributed by atoms with van der Waals surface area (Å²) < 4.78 is 10.7. The fraction of sp³-hybridized carbons (Fsp3) is 0.278. The Kier molecular flexibility index (Phi) is 4.56. The average molecular weight is 341 g/mol. The van der Waals surface area contributed by atoms with Crippen molar-refractivity contribution in [3.63, 3.8) is 0 Å². The normalized spacial score (nSPS) is 14.2. The molecule has 0 saturated heterocycles. The first-order valence-electron chi connectivity index (χ1n) is 8.01. The van der Waals surface area contributed by atoms with E-state index in [-0.39, 0.29) is 35.6 Å². The number of hydrogen-bond donors (Lipinski definition) is 2. The molecule has 0 saturated carbocycles. The molecule has 3 rings (SSSR count). The Morgan fingerprint density at radius 1 is 1.48 bits per heavy atom. The zero-order valence-electron chi connectivity index (χ0n) is 14.2. The Labute approximate surface area is 145 Å². The number of anilines is 1. The van der Waals surface area contributed by atoms with Crippen LogP contribution in [0.1, 0.15) is 42.5 Å². The van der Waals surface area contributed by atoms with Crippen LogP contribution >= 0.6 is 0 Å². The molecular formula is C18H19N3O4. The van der Waals surface area contributed by atoms with Crippen LogP contribution in [0.3, 0.4) is 0 Å². The lowest BCUT2D eigenvalue weighted by molar-refractivity contribution is 0.0524. The summed E-state index contributed by atoms with van der Waals surface area (Å²) in [7, 11) is 0. The molecule has 2 aromatic heterocycles. The second-order valence-electron chi connectivity index (χ2n) is 5.77. The van der Waals surface area contributed by atoms with Crippen molar-refractivity contribution in [2.24, 2.45) is 4.99 Å². The Hall–Kier alpha value is -3.09. The first kappa shape index (κ1) is 16.8. The van der Waals surface area contributed by atoms with Gasteiger partial charge in [0.2, 0.25) is 5.88 Å². The molecule has 130 valence electrons. The molecule has 0 spiro atoms. The van der Waals surface area contributed by atoms with Crippen LogP contribution in [0, 0.1) is 0 Å². The summed E-state index contributed by atoms with van der Waals surface area (Å²) in [5.74, 6) is 0.0352. The summed E-state index contributed by atoms with van der Waals surface area (Å²) in [5.41, 5.74) is 1.55. The van der Waals surface area contributed by atoms with Crippen LogP contribution < -0.4 is 5.32 Å². The van der Waals surface area contributed by atoms with Crippen molar-refractivity contribution in [1.82, 2.24) is 4.98 Å². The second kappa shape index (κ2) is 6.80. The van der Waals surface area contributed by atoms with Crippen LogP contribution in [0.2, 0.25) is 0 Å². The molecule has 0 unspecified atom stereocenters. The molecule has 7 nitrogen and oxygen atoms in total. The number of fused-ring (bicyclic) bond motifs is 1. The van der Waals surface area contributed by atoms with E-state index in [4.69, 9.17) is 9.15 Å². The molecule has 0 bridgehead atoms. The number of aliphatic imine (C=N–C) groups is 1. The minimum absolute atomic E-state index is 0.0104. The zero-order chi connectivity index (χ0) is 18.0. The highest BCUT2D eigenvalue weighted by Crippen LogP contribution is 2.38. The lowest BCUT2D eigenvalue weighted by atomic mass is 10.1. The lowest BCUT2D eigenvalue weighted by Gasteiger charge is -2.08. The van der Waals surface area contributed by atoms with Gasteiger partial charge in [0.25, 0.3) is 0 Å². The van der Waals surface area contributed by atoms with Crippen molar-refractivity contribution in [2.45, 2.75) is 26.8 Å².